The monoisotopic (exact) mass is 430 g/mol. The summed E-state index contributed by atoms with van der Waals surface area (Å²) in [6, 6.07) is 1.07. The summed E-state index contributed by atoms with van der Waals surface area (Å²) < 4.78 is 34.1. The average molecular weight is 430 g/mol. The van der Waals surface area contributed by atoms with Gasteiger partial charge in [0.2, 0.25) is 0 Å². The largest absolute Gasteiger partial charge is 0.387 e. The van der Waals surface area contributed by atoms with Crippen molar-refractivity contribution in [2.24, 2.45) is 0 Å². The molecule has 5 atom stereocenters. The van der Waals surface area contributed by atoms with E-state index in [1.807, 2.05) is 0 Å². The van der Waals surface area contributed by atoms with Crippen LogP contribution in [0.15, 0.2) is 21.9 Å². The molecule has 13 nitrogen and oxygen atoms in total. The molecule has 0 saturated carbocycles. The molecule has 0 amide bonds. The van der Waals surface area contributed by atoms with E-state index in [1.165, 1.54) is 0 Å². The average Bonchev–Trinajstić information content (AvgIpc) is 2.80. The predicted octanol–water partition coefficient (Wildman–Crippen LogP) is -2.01. The van der Waals surface area contributed by atoms with Gasteiger partial charge >= 0.3 is 20.9 Å². The van der Waals surface area contributed by atoms with Crippen LogP contribution in [0, 0.1) is 0 Å². The molecule has 5 N–H and O–H groups in total. The molecule has 1 aliphatic rings. The molecule has 1 unspecified atom stereocenters. The van der Waals surface area contributed by atoms with Crippen molar-refractivity contribution in [3.8, 4) is 0 Å². The molecule has 0 bridgehead atoms. The molecule has 1 aliphatic heterocycles. The standard InChI is InChI=1S/C12H20N2O11P2/c1-2-13-8(15)3-4-14(12(13)18)11-10(17)9(16)7(25-11)5-24-27(22,23)6-26(19,20)21/h3-4,7,9-11,16-17H,2,5-6H2,1H3,(H,22,23)(H2,19,20,21)/t7-,9-,10-,11-/m1/s1. The highest BCUT2D eigenvalue weighted by Gasteiger charge is 2.45. The van der Waals surface area contributed by atoms with E-state index in [9.17, 15) is 33.8 Å². The number of aliphatic hydroxyl groups is 2. The quantitative estimate of drug-likeness (QED) is 0.300. The molecule has 2 heterocycles. The second-order valence-corrected chi connectivity index (χ2v) is 9.87. The Morgan fingerprint density at radius 2 is 1.81 bits per heavy atom. The topological polar surface area (TPSA) is 198 Å². The van der Waals surface area contributed by atoms with Crippen LogP contribution < -0.4 is 11.2 Å². The van der Waals surface area contributed by atoms with Gasteiger partial charge in [-0.1, -0.05) is 0 Å². The lowest BCUT2D eigenvalue weighted by Gasteiger charge is -2.19. The third-order valence-corrected chi connectivity index (χ3v) is 7.28. The Bertz CT molecular complexity index is 890. The van der Waals surface area contributed by atoms with Gasteiger partial charge in [-0.2, -0.15) is 0 Å². The molecule has 1 aromatic heterocycles. The Labute approximate surface area is 152 Å². The number of nitrogens with zero attached hydrogens (tertiary/aromatic N) is 2. The molecule has 0 radical (unpaired) electrons. The first-order valence-electron chi connectivity index (χ1n) is 7.71. The van der Waals surface area contributed by atoms with Gasteiger partial charge in [-0.3, -0.25) is 23.1 Å². The zero-order valence-corrected chi connectivity index (χ0v) is 15.8. The number of hydrogen-bond donors (Lipinski definition) is 5. The molecule has 2 rings (SSSR count). The molecule has 154 valence electrons. The van der Waals surface area contributed by atoms with Crippen LogP contribution in [0.1, 0.15) is 13.2 Å². The van der Waals surface area contributed by atoms with Crippen molar-refractivity contribution in [2.75, 3.05) is 12.5 Å². The van der Waals surface area contributed by atoms with Gasteiger partial charge in [-0.15, -0.1) is 0 Å². The first-order valence-corrected chi connectivity index (χ1v) is 11.3. The zero-order valence-electron chi connectivity index (χ0n) is 14.1. The van der Waals surface area contributed by atoms with Gasteiger partial charge < -0.3 is 34.2 Å². The van der Waals surface area contributed by atoms with Gasteiger partial charge in [-0.05, 0) is 6.92 Å². The number of aliphatic hydroxyl groups excluding tert-OH is 2. The fraction of sp³-hybridized carbons (Fsp3) is 0.667. The maximum Gasteiger partial charge on any atom is 0.340 e. The van der Waals surface area contributed by atoms with Crippen LogP contribution in [-0.2, 0) is 24.9 Å². The normalized spacial score (nSPS) is 28.2. The molecule has 1 saturated heterocycles. The van der Waals surface area contributed by atoms with Crippen LogP contribution in [0.4, 0.5) is 0 Å². The molecule has 0 aromatic carbocycles. The predicted molar refractivity (Wildman–Crippen MR) is 89.2 cm³/mol. The van der Waals surface area contributed by atoms with Crippen molar-refractivity contribution < 1.29 is 43.3 Å². The van der Waals surface area contributed by atoms with Crippen molar-refractivity contribution in [3.63, 3.8) is 0 Å². The Morgan fingerprint density at radius 1 is 1.19 bits per heavy atom. The minimum atomic E-state index is -4.82. The summed E-state index contributed by atoms with van der Waals surface area (Å²) in [6.45, 7) is 0.849. The van der Waals surface area contributed by atoms with Gasteiger partial charge in [0, 0.05) is 18.8 Å². The van der Waals surface area contributed by atoms with Crippen molar-refractivity contribution in [2.45, 2.75) is 38.0 Å². The summed E-state index contributed by atoms with van der Waals surface area (Å²) in [5.74, 6) is -1.42. The number of hydrogen-bond acceptors (Lipinski definition) is 8. The van der Waals surface area contributed by atoms with Crippen LogP contribution in [-0.4, -0.2) is 64.8 Å². The second-order valence-electron chi connectivity index (χ2n) is 5.87. The van der Waals surface area contributed by atoms with E-state index in [0.29, 0.717) is 0 Å². The summed E-state index contributed by atoms with van der Waals surface area (Å²) >= 11 is 0. The maximum atomic E-state index is 12.3. The van der Waals surface area contributed by atoms with Crippen LogP contribution in [0.2, 0.25) is 0 Å². The second kappa shape index (κ2) is 8.08. The molecule has 15 heteroatoms. The number of ether oxygens (including phenoxy) is 1. The Kier molecular flexibility index (Phi) is 6.63. The first kappa shape index (κ1) is 22.2. The summed E-state index contributed by atoms with van der Waals surface area (Å²) in [5, 5.41) is 20.1. The van der Waals surface area contributed by atoms with E-state index in [1.54, 1.807) is 6.92 Å². The van der Waals surface area contributed by atoms with E-state index >= 15 is 0 Å². The maximum absolute atomic E-state index is 12.3. The van der Waals surface area contributed by atoms with Crippen LogP contribution in [0.3, 0.4) is 0 Å². The van der Waals surface area contributed by atoms with E-state index < -0.39 is 63.5 Å². The highest BCUT2D eigenvalue weighted by atomic mass is 31.2. The highest BCUT2D eigenvalue weighted by molar-refractivity contribution is 7.70. The van der Waals surface area contributed by atoms with Crippen LogP contribution in [0.5, 0.6) is 0 Å². The smallest absolute Gasteiger partial charge is 0.340 e. The van der Waals surface area contributed by atoms with Crippen molar-refractivity contribution in [3.05, 3.63) is 33.1 Å². The fourth-order valence-electron chi connectivity index (χ4n) is 2.58. The van der Waals surface area contributed by atoms with Gasteiger partial charge in [-0.25, -0.2) is 4.79 Å². The summed E-state index contributed by atoms with van der Waals surface area (Å²) in [7, 11) is -9.51. The molecule has 27 heavy (non-hydrogen) atoms. The SMILES string of the molecule is CCn1c(=O)ccn([C@@H]2O[C@H](COP(=O)(O)CP(=O)(O)O)[C@@H](O)[C@H]2O)c1=O. The summed E-state index contributed by atoms with van der Waals surface area (Å²) in [5.41, 5.74) is -1.36. The molecule has 0 aliphatic carbocycles. The molecule has 0 spiro atoms. The zero-order chi connectivity index (χ0) is 20.6. The van der Waals surface area contributed by atoms with Crippen molar-refractivity contribution in [1.29, 1.82) is 0 Å². The molecular weight excluding hydrogens is 410 g/mol. The minimum absolute atomic E-state index is 0.0620. The van der Waals surface area contributed by atoms with Gasteiger partial charge in [0.1, 0.15) is 18.3 Å². The van der Waals surface area contributed by atoms with Crippen LogP contribution in [0.25, 0.3) is 0 Å². The van der Waals surface area contributed by atoms with Crippen LogP contribution >= 0.6 is 15.2 Å². The van der Waals surface area contributed by atoms with E-state index in [4.69, 9.17) is 14.5 Å². The van der Waals surface area contributed by atoms with Crippen molar-refractivity contribution >= 4 is 15.2 Å². The molecule has 1 fully saturated rings. The third-order valence-electron chi connectivity index (χ3n) is 3.83. The van der Waals surface area contributed by atoms with Gasteiger partial charge in [0.15, 0.2) is 12.1 Å². The van der Waals surface area contributed by atoms with Crippen molar-refractivity contribution in [1.82, 2.24) is 9.13 Å². The third kappa shape index (κ3) is 5.23. The lowest BCUT2D eigenvalue weighted by Crippen LogP contribution is -2.42. The number of rotatable bonds is 7. The first-order chi connectivity index (χ1) is 12.4. The lowest BCUT2D eigenvalue weighted by atomic mass is 10.1. The highest BCUT2D eigenvalue weighted by Crippen LogP contribution is 2.55. The van der Waals surface area contributed by atoms with Gasteiger partial charge in [0.05, 0.1) is 6.61 Å². The number of aromatic nitrogens is 2. The van der Waals surface area contributed by atoms with E-state index in [-0.39, 0.29) is 6.54 Å². The van der Waals surface area contributed by atoms with E-state index in [0.717, 1.165) is 21.4 Å². The Morgan fingerprint density at radius 3 is 2.37 bits per heavy atom. The summed E-state index contributed by atoms with van der Waals surface area (Å²) in [4.78, 5) is 50.8. The minimum Gasteiger partial charge on any atom is -0.387 e. The lowest BCUT2D eigenvalue weighted by molar-refractivity contribution is -0.0530. The summed E-state index contributed by atoms with van der Waals surface area (Å²) in [6.07, 6.45) is -4.95. The Balaban J connectivity index is 2.17. The van der Waals surface area contributed by atoms with Gasteiger partial charge in [0.25, 0.3) is 5.56 Å². The molecule has 1 aromatic rings. The molecular formula is C12H20N2O11P2. The Hall–Kier alpha value is -1.14. The fourth-order valence-corrected chi connectivity index (χ4v) is 5.15. The van der Waals surface area contributed by atoms with E-state index in [2.05, 4.69) is 4.52 Å².